The molecule has 2 aromatic rings. The predicted molar refractivity (Wildman–Crippen MR) is 84.2 cm³/mol. The fraction of sp³-hybridized carbons (Fsp3) is 0.357. The lowest BCUT2D eigenvalue weighted by Gasteiger charge is -2.20. The van der Waals surface area contributed by atoms with Crippen LogP contribution in [-0.2, 0) is 4.79 Å². The maximum absolute atomic E-state index is 11.8. The van der Waals surface area contributed by atoms with E-state index in [1.165, 1.54) is 16.4 Å². The van der Waals surface area contributed by atoms with Gasteiger partial charge >= 0.3 is 0 Å². The van der Waals surface area contributed by atoms with E-state index in [2.05, 4.69) is 15.5 Å². The second-order valence-electron chi connectivity index (χ2n) is 5.63. The molecule has 7 heteroatoms. The topological polar surface area (TPSA) is 85.8 Å². The van der Waals surface area contributed by atoms with Gasteiger partial charge in [-0.1, -0.05) is 42.1 Å². The van der Waals surface area contributed by atoms with Crippen LogP contribution in [0.2, 0.25) is 0 Å². The van der Waals surface area contributed by atoms with E-state index in [1.807, 2.05) is 51.1 Å². The molecule has 0 aliphatic carbocycles. The van der Waals surface area contributed by atoms with Crippen molar-refractivity contribution >= 4 is 17.7 Å². The second kappa shape index (κ2) is 6.17. The summed E-state index contributed by atoms with van der Waals surface area (Å²) in [4.78, 5) is 11.8. The van der Waals surface area contributed by atoms with Crippen LogP contribution in [0.15, 0.2) is 35.5 Å². The highest BCUT2D eigenvalue weighted by Crippen LogP contribution is 2.21. The molecule has 0 bridgehead atoms. The average molecular weight is 305 g/mol. The zero-order valence-electron chi connectivity index (χ0n) is 12.3. The largest absolute Gasteiger partial charge is 0.351 e. The smallest absolute Gasteiger partial charge is 0.230 e. The molecule has 0 saturated heterocycles. The van der Waals surface area contributed by atoms with Gasteiger partial charge in [0.2, 0.25) is 11.1 Å². The second-order valence-corrected chi connectivity index (χ2v) is 6.57. The summed E-state index contributed by atoms with van der Waals surface area (Å²) < 4.78 is 1.41. The van der Waals surface area contributed by atoms with Crippen molar-refractivity contribution in [3.05, 3.63) is 30.3 Å². The first-order chi connectivity index (χ1) is 9.87. The monoisotopic (exact) mass is 305 g/mol. The van der Waals surface area contributed by atoms with E-state index in [-0.39, 0.29) is 17.2 Å². The number of thioether (sulfide) groups is 1. The molecule has 112 valence electrons. The molecule has 2 rings (SSSR count). The highest BCUT2D eigenvalue weighted by Gasteiger charge is 2.16. The first-order valence-electron chi connectivity index (χ1n) is 6.56. The van der Waals surface area contributed by atoms with E-state index < -0.39 is 0 Å². The van der Waals surface area contributed by atoms with Gasteiger partial charge < -0.3 is 11.2 Å². The van der Waals surface area contributed by atoms with Gasteiger partial charge in [-0.2, -0.15) is 0 Å². The van der Waals surface area contributed by atoms with Crippen LogP contribution in [0.25, 0.3) is 11.4 Å². The van der Waals surface area contributed by atoms with Crippen molar-refractivity contribution in [3.8, 4) is 11.4 Å². The van der Waals surface area contributed by atoms with Gasteiger partial charge in [0.1, 0.15) is 0 Å². The van der Waals surface area contributed by atoms with E-state index >= 15 is 0 Å². The van der Waals surface area contributed by atoms with E-state index in [0.717, 1.165) is 5.56 Å². The normalized spacial score (nSPS) is 11.4. The molecular formula is C14H19N5OS. The number of rotatable bonds is 4. The van der Waals surface area contributed by atoms with Gasteiger partial charge in [-0.3, -0.25) is 4.79 Å². The maximum atomic E-state index is 11.8. The molecule has 0 spiro atoms. The third kappa shape index (κ3) is 4.22. The van der Waals surface area contributed by atoms with Crippen molar-refractivity contribution in [1.82, 2.24) is 20.2 Å². The molecule has 0 atom stereocenters. The summed E-state index contributed by atoms with van der Waals surface area (Å²) in [5, 5.41) is 11.5. The van der Waals surface area contributed by atoms with Gasteiger partial charge in [-0.25, -0.2) is 4.68 Å². The minimum absolute atomic E-state index is 0.0586. The van der Waals surface area contributed by atoms with Gasteiger partial charge in [-0.05, 0) is 20.8 Å². The highest BCUT2D eigenvalue weighted by atomic mass is 32.2. The summed E-state index contributed by atoms with van der Waals surface area (Å²) in [5.41, 5.74) is 0.641. The number of nitrogens with zero attached hydrogens (tertiary/aromatic N) is 3. The Morgan fingerprint density at radius 1 is 1.29 bits per heavy atom. The fourth-order valence-electron chi connectivity index (χ4n) is 1.74. The SMILES string of the molecule is CC(C)(C)NC(=O)CSc1nnc(-c2ccccc2)n1N. The summed E-state index contributed by atoms with van der Waals surface area (Å²) in [6.45, 7) is 5.82. The van der Waals surface area contributed by atoms with Crippen LogP contribution in [0.3, 0.4) is 0 Å². The van der Waals surface area contributed by atoms with Gasteiger partial charge in [0.05, 0.1) is 5.75 Å². The Balaban J connectivity index is 2.03. The summed E-state index contributed by atoms with van der Waals surface area (Å²) in [7, 11) is 0. The summed E-state index contributed by atoms with van der Waals surface area (Å²) in [6.07, 6.45) is 0. The third-order valence-electron chi connectivity index (χ3n) is 2.54. The number of carbonyl (C=O) groups is 1. The van der Waals surface area contributed by atoms with Crippen LogP contribution in [-0.4, -0.2) is 32.1 Å². The molecule has 1 aromatic carbocycles. The molecule has 6 nitrogen and oxygen atoms in total. The molecule has 0 aliphatic heterocycles. The third-order valence-corrected chi connectivity index (χ3v) is 3.49. The lowest BCUT2D eigenvalue weighted by Crippen LogP contribution is -2.41. The number of amides is 1. The molecule has 1 amide bonds. The molecule has 0 saturated carbocycles. The maximum Gasteiger partial charge on any atom is 0.230 e. The Morgan fingerprint density at radius 3 is 2.57 bits per heavy atom. The van der Waals surface area contributed by atoms with Crippen molar-refractivity contribution in [2.45, 2.75) is 31.5 Å². The summed E-state index contributed by atoms with van der Waals surface area (Å²) >= 11 is 1.26. The molecule has 0 radical (unpaired) electrons. The number of hydrogen-bond donors (Lipinski definition) is 2. The first-order valence-corrected chi connectivity index (χ1v) is 7.55. The number of nitrogens with one attached hydrogen (secondary N) is 1. The van der Waals surface area contributed by atoms with Crippen LogP contribution >= 0.6 is 11.8 Å². The van der Waals surface area contributed by atoms with Crippen molar-refractivity contribution in [3.63, 3.8) is 0 Å². The number of carbonyl (C=O) groups excluding carboxylic acids is 1. The minimum Gasteiger partial charge on any atom is -0.351 e. The van der Waals surface area contributed by atoms with Crippen molar-refractivity contribution < 1.29 is 4.79 Å². The van der Waals surface area contributed by atoms with Crippen LogP contribution in [0.4, 0.5) is 0 Å². The molecule has 0 fully saturated rings. The average Bonchev–Trinajstić information content (AvgIpc) is 2.77. The van der Waals surface area contributed by atoms with Crippen LogP contribution in [0.5, 0.6) is 0 Å². The number of nitrogen functional groups attached to an aromatic ring is 1. The number of aromatic nitrogens is 3. The Labute approximate surface area is 128 Å². The number of hydrogen-bond acceptors (Lipinski definition) is 5. The Bertz CT molecular complexity index is 618. The lowest BCUT2D eigenvalue weighted by atomic mass is 10.1. The zero-order chi connectivity index (χ0) is 15.5. The molecular weight excluding hydrogens is 286 g/mol. The van der Waals surface area contributed by atoms with Crippen molar-refractivity contribution in [2.24, 2.45) is 0 Å². The molecule has 0 aliphatic rings. The molecule has 0 unspecified atom stereocenters. The summed E-state index contributed by atoms with van der Waals surface area (Å²) in [6, 6.07) is 9.57. The van der Waals surface area contributed by atoms with Gasteiger partial charge in [-0.15, -0.1) is 10.2 Å². The molecule has 3 N–H and O–H groups in total. The van der Waals surface area contributed by atoms with Gasteiger partial charge in [0.15, 0.2) is 5.82 Å². The standard InChI is InChI=1S/C14H19N5OS/c1-14(2,3)16-11(20)9-21-13-18-17-12(19(13)15)10-7-5-4-6-8-10/h4-8H,9,15H2,1-3H3,(H,16,20). The lowest BCUT2D eigenvalue weighted by molar-refractivity contribution is -0.119. The minimum atomic E-state index is -0.247. The van der Waals surface area contributed by atoms with Crippen molar-refractivity contribution in [1.29, 1.82) is 0 Å². The molecule has 21 heavy (non-hydrogen) atoms. The van der Waals surface area contributed by atoms with E-state index in [4.69, 9.17) is 5.84 Å². The predicted octanol–water partition coefficient (Wildman–Crippen LogP) is 1.67. The van der Waals surface area contributed by atoms with Crippen LogP contribution in [0, 0.1) is 0 Å². The number of nitrogens with two attached hydrogens (primary N) is 1. The summed E-state index contributed by atoms with van der Waals surface area (Å²) in [5.74, 6) is 6.76. The van der Waals surface area contributed by atoms with Crippen molar-refractivity contribution in [2.75, 3.05) is 11.6 Å². The van der Waals surface area contributed by atoms with Crippen LogP contribution < -0.4 is 11.2 Å². The molecule has 1 aromatic heterocycles. The Hall–Kier alpha value is -2.02. The Kier molecular flexibility index (Phi) is 4.52. The van der Waals surface area contributed by atoms with Gasteiger partial charge in [0, 0.05) is 11.1 Å². The fourth-order valence-corrected chi connectivity index (χ4v) is 2.40. The highest BCUT2D eigenvalue weighted by molar-refractivity contribution is 7.99. The Morgan fingerprint density at radius 2 is 1.95 bits per heavy atom. The van der Waals surface area contributed by atoms with E-state index in [9.17, 15) is 4.79 Å². The van der Waals surface area contributed by atoms with Gasteiger partial charge in [0.25, 0.3) is 0 Å². The van der Waals surface area contributed by atoms with E-state index in [1.54, 1.807) is 0 Å². The van der Waals surface area contributed by atoms with E-state index in [0.29, 0.717) is 11.0 Å². The molecule has 1 heterocycles. The number of benzene rings is 1. The first kappa shape index (κ1) is 15.4. The van der Waals surface area contributed by atoms with Crippen LogP contribution in [0.1, 0.15) is 20.8 Å². The quantitative estimate of drug-likeness (QED) is 0.663. The zero-order valence-corrected chi connectivity index (χ0v) is 13.1.